The van der Waals surface area contributed by atoms with Gasteiger partial charge in [0.05, 0.1) is 20.3 Å². The molecule has 2 heterocycles. The molecule has 31 heavy (non-hydrogen) atoms. The van der Waals surface area contributed by atoms with Crippen molar-refractivity contribution in [1.82, 2.24) is 4.90 Å². The third-order valence-electron chi connectivity index (χ3n) is 5.45. The number of fused-ring (bicyclic) bond motifs is 1. The first-order chi connectivity index (χ1) is 15.0. The van der Waals surface area contributed by atoms with Crippen LogP contribution >= 0.6 is 11.3 Å². The first-order valence-corrected chi connectivity index (χ1v) is 10.9. The van der Waals surface area contributed by atoms with Gasteiger partial charge in [-0.3, -0.25) is 9.59 Å². The molecule has 6 nitrogen and oxygen atoms in total. The minimum atomic E-state index is -0.644. The van der Waals surface area contributed by atoms with Crippen LogP contribution in [-0.4, -0.2) is 37.5 Å². The van der Waals surface area contributed by atoms with Crippen LogP contribution < -0.4 is 14.8 Å². The van der Waals surface area contributed by atoms with Crippen molar-refractivity contribution >= 4 is 28.8 Å². The predicted molar refractivity (Wildman–Crippen MR) is 121 cm³/mol. The van der Waals surface area contributed by atoms with Crippen LogP contribution in [0.3, 0.4) is 0 Å². The van der Waals surface area contributed by atoms with Crippen molar-refractivity contribution in [3.63, 3.8) is 0 Å². The fourth-order valence-corrected chi connectivity index (χ4v) is 4.72. The van der Waals surface area contributed by atoms with Gasteiger partial charge in [0, 0.05) is 17.1 Å². The molecule has 1 aliphatic rings. The van der Waals surface area contributed by atoms with Gasteiger partial charge in [0.1, 0.15) is 0 Å². The average molecular weight is 437 g/mol. The Morgan fingerprint density at radius 3 is 2.42 bits per heavy atom. The van der Waals surface area contributed by atoms with Crippen LogP contribution in [0.15, 0.2) is 53.9 Å². The number of hydrogen-bond donors (Lipinski definition) is 1. The molecule has 2 aromatic carbocycles. The predicted octanol–water partition coefficient (Wildman–Crippen LogP) is 4.19. The van der Waals surface area contributed by atoms with E-state index in [4.69, 9.17) is 9.47 Å². The van der Waals surface area contributed by atoms with Gasteiger partial charge in [0.2, 0.25) is 0 Å². The number of methoxy groups -OCH3 is 2. The van der Waals surface area contributed by atoms with Crippen LogP contribution in [0.5, 0.6) is 11.5 Å². The molecule has 160 valence electrons. The smallest absolute Gasteiger partial charge is 0.313 e. The maximum absolute atomic E-state index is 13.2. The van der Waals surface area contributed by atoms with Crippen LogP contribution in [0, 0.1) is 6.92 Å². The summed E-state index contributed by atoms with van der Waals surface area (Å²) in [5.41, 5.74) is 3.71. The lowest BCUT2D eigenvalue weighted by Gasteiger charge is -2.37. The standard InChI is InChI=1S/C24H24N2O4S/c1-15-6-8-17(9-7-15)25-23(27)24(28)26-11-10-16-13-19(29-2)20(30-3)14-18(16)22(26)21-5-4-12-31-21/h4-9,12-14,22H,10-11H2,1-3H3,(H,25,27). The molecule has 0 radical (unpaired) electrons. The molecule has 0 spiro atoms. The summed E-state index contributed by atoms with van der Waals surface area (Å²) < 4.78 is 10.9. The zero-order chi connectivity index (χ0) is 22.0. The third-order valence-corrected chi connectivity index (χ3v) is 6.38. The van der Waals surface area contributed by atoms with E-state index in [1.165, 1.54) is 0 Å². The summed E-state index contributed by atoms with van der Waals surface area (Å²) in [4.78, 5) is 28.7. The summed E-state index contributed by atoms with van der Waals surface area (Å²) in [5.74, 6) is 0.0537. The Labute approximate surface area is 185 Å². The Bertz CT molecular complexity index is 1090. The van der Waals surface area contributed by atoms with E-state index in [1.54, 1.807) is 42.6 Å². The lowest BCUT2D eigenvalue weighted by Crippen LogP contribution is -2.45. The van der Waals surface area contributed by atoms with Crippen molar-refractivity contribution in [2.75, 3.05) is 26.1 Å². The number of carbonyl (C=O) groups is 2. The number of carbonyl (C=O) groups excluding carboxylic acids is 2. The Kier molecular flexibility index (Phi) is 5.95. The molecule has 0 aliphatic carbocycles. The average Bonchev–Trinajstić information content (AvgIpc) is 3.32. The first kappa shape index (κ1) is 20.9. The highest BCUT2D eigenvalue weighted by atomic mass is 32.1. The second kappa shape index (κ2) is 8.81. The Hall–Kier alpha value is -3.32. The van der Waals surface area contributed by atoms with Crippen LogP contribution in [0.25, 0.3) is 0 Å². The van der Waals surface area contributed by atoms with Crippen molar-refractivity contribution < 1.29 is 19.1 Å². The van der Waals surface area contributed by atoms with E-state index < -0.39 is 11.8 Å². The molecule has 4 rings (SSSR count). The molecule has 3 aromatic rings. The Morgan fingerprint density at radius 1 is 1.06 bits per heavy atom. The molecule has 0 fully saturated rings. The molecular formula is C24H24N2O4S. The lowest BCUT2D eigenvalue weighted by atomic mass is 9.90. The first-order valence-electron chi connectivity index (χ1n) is 9.98. The number of rotatable bonds is 4. The van der Waals surface area contributed by atoms with Crippen LogP contribution in [-0.2, 0) is 16.0 Å². The largest absolute Gasteiger partial charge is 0.493 e. The summed E-state index contributed by atoms with van der Waals surface area (Å²) in [6, 6.07) is 14.8. The van der Waals surface area contributed by atoms with Crippen molar-refractivity contribution in [3.8, 4) is 11.5 Å². The Morgan fingerprint density at radius 2 is 1.77 bits per heavy atom. The number of aryl methyl sites for hydroxylation is 1. The highest BCUT2D eigenvalue weighted by molar-refractivity contribution is 7.10. The topological polar surface area (TPSA) is 67.9 Å². The summed E-state index contributed by atoms with van der Waals surface area (Å²) in [7, 11) is 3.19. The normalized spacial score (nSPS) is 15.2. The summed E-state index contributed by atoms with van der Waals surface area (Å²) in [6.07, 6.45) is 0.626. The number of ether oxygens (including phenoxy) is 2. The van der Waals surface area contributed by atoms with E-state index in [-0.39, 0.29) is 6.04 Å². The fourth-order valence-electron chi connectivity index (χ4n) is 3.87. The van der Waals surface area contributed by atoms with Gasteiger partial charge in [-0.1, -0.05) is 23.8 Å². The van der Waals surface area contributed by atoms with Crippen molar-refractivity contribution in [2.45, 2.75) is 19.4 Å². The van der Waals surface area contributed by atoms with Crippen LogP contribution in [0.1, 0.15) is 27.6 Å². The van der Waals surface area contributed by atoms with Crippen LogP contribution in [0.2, 0.25) is 0 Å². The quantitative estimate of drug-likeness (QED) is 0.623. The zero-order valence-electron chi connectivity index (χ0n) is 17.7. The van der Waals surface area contributed by atoms with E-state index in [0.717, 1.165) is 21.6 Å². The van der Waals surface area contributed by atoms with Crippen molar-refractivity contribution in [3.05, 3.63) is 75.5 Å². The molecule has 1 unspecified atom stereocenters. The maximum Gasteiger partial charge on any atom is 0.313 e. The second-order valence-electron chi connectivity index (χ2n) is 7.39. The molecule has 1 aliphatic heterocycles. The van der Waals surface area contributed by atoms with E-state index in [1.807, 2.05) is 48.7 Å². The van der Waals surface area contributed by atoms with E-state index in [0.29, 0.717) is 30.2 Å². The molecule has 0 bridgehead atoms. The summed E-state index contributed by atoms with van der Waals surface area (Å²) >= 11 is 1.56. The number of hydrogen-bond acceptors (Lipinski definition) is 5. The van der Waals surface area contributed by atoms with Gasteiger partial charge in [0.25, 0.3) is 0 Å². The molecule has 1 aromatic heterocycles. The number of nitrogens with zero attached hydrogens (tertiary/aromatic N) is 1. The van der Waals surface area contributed by atoms with Crippen molar-refractivity contribution in [1.29, 1.82) is 0 Å². The van der Waals surface area contributed by atoms with E-state index in [2.05, 4.69) is 5.32 Å². The van der Waals surface area contributed by atoms with Gasteiger partial charge in [-0.05, 0) is 60.2 Å². The van der Waals surface area contributed by atoms with Gasteiger partial charge in [-0.15, -0.1) is 11.3 Å². The number of benzene rings is 2. The maximum atomic E-state index is 13.2. The molecule has 2 amide bonds. The summed E-state index contributed by atoms with van der Waals surface area (Å²) in [6.45, 7) is 2.40. The van der Waals surface area contributed by atoms with E-state index >= 15 is 0 Å². The third kappa shape index (κ3) is 4.14. The molecule has 7 heteroatoms. The summed E-state index contributed by atoms with van der Waals surface area (Å²) in [5, 5.41) is 4.70. The lowest BCUT2D eigenvalue weighted by molar-refractivity contribution is -0.144. The van der Waals surface area contributed by atoms with Gasteiger partial charge in [0.15, 0.2) is 11.5 Å². The van der Waals surface area contributed by atoms with Gasteiger partial charge in [-0.25, -0.2) is 0 Å². The van der Waals surface area contributed by atoms with Gasteiger partial charge in [-0.2, -0.15) is 0 Å². The SMILES string of the molecule is COc1cc2c(cc1OC)C(c1cccs1)N(C(=O)C(=O)Nc1ccc(C)cc1)CC2. The van der Waals surface area contributed by atoms with Gasteiger partial charge >= 0.3 is 11.8 Å². The fraction of sp³-hybridized carbons (Fsp3) is 0.250. The minimum absolute atomic E-state index is 0.361. The molecular weight excluding hydrogens is 412 g/mol. The molecule has 1 N–H and O–H groups in total. The highest BCUT2D eigenvalue weighted by Crippen LogP contribution is 2.42. The van der Waals surface area contributed by atoms with Crippen LogP contribution in [0.4, 0.5) is 5.69 Å². The number of thiophene rings is 1. The zero-order valence-corrected chi connectivity index (χ0v) is 18.5. The number of nitrogens with one attached hydrogen (secondary N) is 1. The van der Waals surface area contributed by atoms with Gasteiger partial charge < -0.3 is 19.7 Å². The molecule has 0 saturated heterocycles. The minimum Gasteiger partial charge on any atom is -0.493 e. The molecule has 1 atom stereocenters. The Balaban J connectivity index is 1.68. The number of amides is 2. The van der Waals surface area contributed by atoms with E-state index in [9.17, 15) is 9.59 Å². The highest BCUT2D eigenvalue weighted by Gasteiger charge is 2.36. The second-order valence-corrected chi connectivity index (χ2v) is 8.37. The molecule has 0 saturated carbocycles. The monoisotopic (exact) mass is 436 g/mol. The van der Waals surface area contributed by atoms with Crippen molar-refractivity contribution in [2.24, 2.45) is 0 Å². The number of anilines is 1.